The van der Waals surface area contributed by atoms with Crippen LogP contribution in [0.15, 0.2) is 48.5 Å². The molecule has 0 amide bonds. The quantitative estimate of drug-likeness (QED) is 0.875. The van der Waals surface area contributed by atoms with Gasteiger partial charge in [-0.15, -0.1) is 0 Å². The summed E-state index contributed by atoms with van der Waals surface area (Å²) in [6, 6.07) is 16.7. The van der Waals surface area contributed by atoms with Gasteiger partial charge in [-0.3, -0.25) is 9.88 Å². The molecule has 0 radical (unpaired) electrons. The van der Waals surface area contributed by atoms with Crippen molar-refractivity contribution in [1.82, 2.24) is 9.88 Å². The van der Waals surface area contributed by atoms with E-state index in [2.05, 4.69) is 53.3 Å². The van der Waals surface area contributed by atoms with Crippen LogP contribution in [0.25, 0.3) is 0 Å². The summed E-state index contributed by atoms with van der Waals surface area (Å²) >= 11 is 0. The first-order valence-electron chi connectivity index (χ1n) is 7.04. The Hall–Kier alpha value is -1.71. The van der Waals surface area contributed by atoms with Crippen molar-refractivity contribution in [2.45, 2.75) is 25.9 Å². The summed E-state index contributed by atoms with van der Waals surface area (Å²) in [6.45, 7) is 3.72. The van der Waals surface area contributed by atoms with Crippen LogP contribution >= 0.6 is 0 Å². The maximum atomic E-state index is 6.23. The molecule has 2 rings (SSSR count). The van der Waals surface area contributed by atoms with Crippen LogP contribution in [0.1, 0.15) is 17.0 Å². The number of hydrogen-bond donors (Lipinski definition) is 1. The van der Waals surface area contributed by atoms with E-state index < -0.39 is 0 Å². The van der Waals surface area contributed by atoms with Crippen molar-refractivity contribution in [2.75, 3.05) is 13.6 Å². The summed E-state index contributed by atoms with van der Waals surface area (Å²) in [5.74, 6) is 0. The van der Waals surface area contributed by atoms with Gasteiger partial charge >= 0.3 is 0 Å². The summed E-state index contributed by atoms with van der Waals surface area (Å²) in [7, 11) is 2.09. The van der Waals surface area contributed by atoms with Gasteiger partial charge in [0.25, 0.3) is 0 Å². The van der Waals surface area contributed by atoms with Crippen molar-refractivity contribution in [3.8, 4) is 0 Å². The van der Waals surface area contributed by atoms with E-state index >= 15 is 0 Å². The Balaban J connectivity index is 1.83. The number of benzene rings is 1. The molecule has 0 aliphatic carbocycles. The van der Waals surface area contributed by atoms with Gasteiger partial charge in [0, 0.05) is 24.8 Å². The molecule has 0 spiro atoms. The molecule has 20 heavy (non-hydrogen) atoms. The van der Waals surface area contributed by atoms with Crippen LogP contribution in [0, 0.1) is 6.92 Å². The SMILES string of the molecule is Cc1cccc(CN(C)CC(N)Cc2ccccc2)n1. The number of likely N-dealkylation sites (N-methyl/N-ethyl adjacent to an activating group) is 1. The first-order valence-corrected chi connectivity index (χ1v) is 7.04. The Labute approximate surface area is 121 Å². The van der Waals surface area contributed by atoms with E-state index in [-0.39, 0.29) is 6.04 Å². The van der Waals surface area contributed by atoms with Crippen LogP contribution in [-0.2, 0) is 13.0 Å². The largest absolute Gasteiger partial charge is 0.326 e. The zero-order valence-corrected chi connectivity index (χ0v) is 12.3. The molecule has 1 aromatic carbocycles. The zero-order valence-electron chi connectivity index (χ0n) is 12.3. The average Bonchev–Trinajstić information content (AvgIpc) is 2.39. The van der Waals surface area contributed by atoms with Gasteiger partial charge < -0.3 is 5.73 Å². The van der Waals surface area contributed by atoms with Gasteiger partial charge in [-0.25, -0.2) is 0 Å². The Kier molecular flexibility index (Phi) is 5.27. The maximum absolute atomic E-state index is 6.23. The number of nitrogens with zero attached hydrogens (tertiary/aromatic N) is 2. The Morgan fingerprint density at radius 1 is 1.10 bits per heavy atom. The minimum Gasteiger partial charge on any atom is -0.326 e. The lowest BCUT2D eigenvalue weighted by Gasteiger charge is -2.21. The minimum absolute atomic E-state index is 0.146. The van der Waals surface area contributed by atoms with Gasteiger partial charge in [-0.1, -0.05) is 36.4 Å². The standard InChI is InChI=1S/C17H23N3/c1-14-7-6-10-17(19-14)13-20(2)12-16(18)11-15-8-4-3-5-9-15/h3-10,16H,11-13,18H2,1-2H3. The van der Waals surface area contributed by atoms with Crippen molar-refractivity contribution in [1.29, 1.82) is 0 Å². The highest BCUT2D eigenvalue weighted by Gasteiger charge is 2.09. The molecule has 106 valence electrons. The molecule has 0 fully saturated rings. The number of nitrogens with two attached hydrogens (primary N) is 1. The van der Waals surface area contributed by atoms with Crippen molar-refractivity contribution in [3.05, 3.63) is 65.5 Å². The highest BCUT2D eigenvalue weighted by molar-refractivity contribution is 5.16. The molecule has 0 aliphatic rings. The number of hydrogen-bond acceptors (Lipinski definition) is 3. The highest BCUT2D eigenvalue weighted by atomic mass is 15.1. The Bertz CT molecular complexity index is 525. The van der Waals surface area contributed by atoms with E-state index in [1.54, 1.807) is 0 Å². The molecule has 0 saturated heterocycles. The molecule has 2 N–H and O–H groups in total. The average molecular weight is 269 g/mol. The smallest absolute Gasteiger partial charge is 0.0547 e. The van der Waals surface area contributed by atoms with E-state index in [9.17, 15) is 0 Å². The summed E-state index contributed by atoms with van der Waals surface area (Å²) in [5, 5.41) is 0. The highest BCUT2D eigenvalue weighted by Crippen LogP contribution is 2.05. The van der Waals surface area contributed by atoms with E-state index in [0.29, 0.717) is 0 Å². The van der Waals surface area contributed by atoms with E-state index in [4.69, 9.17) is 5.73 Å². The van der Waals surface area contributed by atoms with E-state index in [1.807, 2.05) is 19.1 Å². The van der Waals surface area contributed by atoms with Gasteiger partial charge in [-0.2, -0.15) is 0 Å². The lowest BCUT2D eigenvalue weighted by Crippen LogP contribution is -2.36. The maximum Gasteiger partial charge on any atom is 0.0547 e. The van der Waals surface area contributed by atoms with E-state index in [1.165, 1.54) is 5.56 Å². The molecule has 2 aromatic rings. The fourth-order valence-corrected chi connectivity index (χ4v) is 2.41. The third-order valence-corrected chi connectivity index (χ3v) is 3.26. The minimum atomic E-state index is 0.146. The monoisotopic (exact) mass is 269 g/mol. The third kappa shape index (κ3) is 4.76. The summed E-state index contributed by atoms with van der Waals surface area (Å²) < 4.78 is 0. The van der Waals surface area contributed by atoms with Gasteiger partial charge in [0.05, 0.1) is 5.69 Å². The molecule has 0 saturated carbocycles. The number of aryl methyl sites for hydroxylation is 1. The molecule has 1 atom stereocenters. The van der Waals surface area contributed by atoms with Gasteiger partial charge in [0.1, 0.15) is 0 Å². The number of aromatic nitrogens is 1. The Morgan fingerprint density at radius 2 is 1.85 bits per heavy atom. The molecule has 1 heterocycles. The number of pyridine rings is 1. The van der Waals surface area contributed by atoms with Crippen LogP contribution in [0.2, 0.25) is 0 Å². The molecule has 1 unspecified atom stereocenters. The fraction of sp³-hybridized carbons (Fsp3) is 0.353. The van der Waals surface area contributed by atoms with Crippen molar-refractivity contribution < 1.29 is 0 Å². The molecule has 1 aromatic heterocycles. The Morgan fingerprint density at radius 3 is 2.55 bits per heavy atom. The molecular weight excluding hydrogens is 246 g/mol. The van der Waals surface area contributed by atoms with Crippen LogP contribution < -0.4 is 5.73 Å². The van der Waals surface area contributed by atoms with Crippen molar-refractivity contribution >= 4 is 0 Å². The van der Waals surface area contributed by atoms with Crippen LogP contribution in [0.4, 0.5) is 0 Å². The molecule has 0 bridgehead atoms. The second kappa shape index (κ2) is 7.17. The predicted molar refractivity (Wildman–Crippen MR) is 83.4 cm³/mol. The topological polar surface area (TPSA) is 42.1 Å². The lowest BCUT2D eigenvalue weighted by molar-refractivity contribution is 0.299. The molecule has 0 aliphatic heterocycles. The van der Waals surface area contributed by atoms with Crippen LogP contribution in [0.3, 0.4) is 0 Å². The van der Waals surface area contributed by atoms with Gasteiger partial charge in [-0.05, 0) is 38.1 Å². The van der Waals surface area contributed by atoms with Crippen molar-refractivity contribution in [2.24, 2.45) is 5.73 Å². The van der Waals surface area contributed by atoms with Crippen LogP contribution in [0.5, 0.6) is 0 Å². The molecule has 3 nitrogen and oxygen atoms in total. The van der Waals surface area contributed by atoms with Gasteiger partial charge in [0.15, 0.2) is 0 Å². The summed E-state index contributed by atoms with van der Waals surface area (Å²) in [5.41, 5.74) is 9.68. The molecular formula is C17H23N3. The van der Waals surface area contributed by atoms with Gasteiger partial charge in [0.2, 0.25) is 0 Å². The first-order chi connectivity index (χ1) is 9.63. The number of rotatable bonds is 6. The normalized spacial score (nSPS) is 12.6. The summed E-state index contributed by atoms with van der Waals surface area (Å²) in [4.78, 5) is 6.75. The third-order valence-electron chi connectivity index (χ3n) is 3.26. The second-order valence-corrected chi connectivity index (χ2v) is 5.42. The van der Waals surface area contributed by atoms with E-state index in [0.717, 1.165) is 30.9 Å². The first kappa shape index (κ1) is 14.7. The second-order valence-electron chi connectivity index (χ2n) is 5.42. The zero-order chi connectivity index (χ0) is 14.4. The lowest BCUT2D eigenvalue weighted by atomic mass is 10.1. The summed E-state index contributed by atoms with van der Waals surface area (Å²) in [6.07, 6.45) is 0.909. The fourth-order valence-electron chi connectivity index (χ4n) is 2.41. The van der Waals surface area contributed by atoms with Crippen molar-refractivity contribution in [3.63, 3.8) is 0 Å². The molecule has 3 heteroatoms. The predicted octanol–water partition coefficient (Wildman–Crippen LogP) is 2.39. The van der Waals surface area contributed by atoms with Crippen LogP contribution in [-0.4, -0.2) is 29.5 Å².